The number of carbonyl (C=O) groups is 3. The number of hydrogen-bond acceptors (Lipinski definition) is 20. The van der Waals surface area contributed by atoms with Crippen LogP contribution in [0.15, 0.2) is 107 Å². The third kappa shape index (κ3) is 21.3. The molecule has 9 aromatic rings. The number of alkyl halides is 1. The molecular weight excluding hydrogens is 1550 g/mol. The number of nitrogens with one attached hydrogen (secondary N) is 4. The zero-order valence-electron chi connectivity index (χ0n) is 64.2. The highest BCUT2D eigenvalue weighted by Gasteiger charge is 2.48. The number of esters is 2. The van der Waals surface area contributed by atoms with Gasteiger partial charge in [-0.05, 0) is 160 Å². The molecule has 3 saturated heterocycles. The van der Waals surface area contributed by atoms with Crippen LogP contribution in [0.4, 0.5) is 59.2 Å². The van der Waals surface area contributed by atoms with Crippen molar-refractivity contribution in [2.45, 2.75) is 136 Å². The van der Waals surface area contributed by atoms with Crippen LogP contribution in [0.1, 0.15) is 118 Å². The summed E-state index contributed by atoms with van der Waals surface area (Å²) in [5.74, 6) is -4.68. The minimum atomic E-state index is -2.22. The molecule has 6 atom stereocenters. The van der Waals surface area contributed by atoms with Gasteiger partial charge in [-0.1, -0.05) is 87.1 Å². The normalized spacial score (nSPS) is 21.5. The van der Waals surface area contributed by atoms with E-state index in [-0.39, 0.29) is 119 Å². The molecule has 0 spiro atoms. The molecule has 31 heteroatoms. The lowest BCUT2D eigenvalue weighted by molar-refractivity contribution is -0.157. The van der Waals surface area contributed by atoms with Gasteiger partial charge in [-0.2, -0.15) is 0 Å². The topological polar surface area (TPSA) is 222 Å². The fourth-order valence-corrected chi connectivity index (χ4v) is 15.6. The number of aliphatic carboxylic acids is 1. The maximum absolute atomic E-state index is 14.9. The molecule has 560 valence electrons. The van der Waals surface area contributed by atoms with Gasteiger partial charge in [-0.25, -0.2) is 56.2 Å². The molecule has 0 bridgehead atoms. The number of anilines is 6. The standard InChI is InChI=1S/C25H27ClF2N4O2S.C24H25ClF2N4O2S.C18H23FN4O2S.C7H5BrClF/c1-15-14-35-24(29-15)31-21-8-7-19(27)20(30-21)12-25(23(33)34-3)9-10-32(16(2)11-25)13-17-5-4-6-18(26)22(17)28;1-14-13-34-23(28-14)30-20-7-6-18(26)19(29-20)11-24(22(32)33)8-9-31(15(2)10-24)12-16-4-3-5-17(25)21(16)27;1-11-8-18(6-7-20-11,16(24)25-3)9-14-13(19)4-5-15(22-14)23-17-21-12(2)10-26-17;8-4-5-2-1-3-6(9)7(5)10/h4-8,14,16H,9-13H2,1-3H3,(H,29,30,31);3-7,13,15H,8-12H2,1-2H3,(H,32,33)(H,28,29,30);4-5,10-11,20H,6-9H2,1-3H3,(H,21,22,23);1-3H,4H2/i13D2;12D2;;4D2. The number of halogens is 10. The van der Waals surface area contributed by atoms with Crippen molar-refractivity contribution in [2.75, 3.05) is 49.8 Å². The Morgan fingerprint density at radius 2 is 0.905 bits per heavy atom. The Morgan fingerprint density at radius 1 is 0.552 bits per heavy atom. The van der Waals surface area contributed by atoms with Crippen molar-refractivity contribution in [3.05, 3.63) is 208 Å². The maximum Gasteiger partial charge on any atom is 0.312 e. The van der Waals surface area contributed by atoms with E-state index >= 15 is 0 Å². The second-order valence-corrected chi connectivity index (χ2v) is 29.9. The van der Waals surface area contributed by atoms with Gasteiger partial charge < -0.3 is 35.8 Å². The van der Waals surface area contributed by atoms with Gasteiger partial charge in [0, 0.05) is 91.2 Å². The summed E-state index contributed by atoms with van der Waals surface area (Å²) in [4.78, 5) is 67.1. The fraction of sp³-hybridized carbons (Fsp3) is 0.392. The van der Waals surface area contributed by atoms with Gasteiger partial charge in [0.15, 0.2) is 15.4 Å². The minimum absolute atomic E-state index is 0.000207. The summed E-state index contributed by atoms with van der Waals surface area (Å²) in [6.45, 7) is 7.47. The van der Waals surface area contributed by atoms with E-state index in [1.807, 2.05) is 43.8 Å². The molecule has 6 aromatic heterocycles. The first-order chi connectivity index (χ1) is 52.2. The number of likely N-dealkylation sites (tertiary alicyclic amines) is 2. The highest BCUT2D eigenvalue weighted by atomic mass is 79.9. The lowest BCUT2D eigenvalue weighted by Gasteiger charge is -2.44. The van der Waals surface area contributed by atoms with Crippen LogP contribution in [-0.4, -0.2) is 115 Å². The average molecular weight is 1640 g/mol. The molecule has 6 unspecified atom stereocenters. The highest BCUT2D eigenvalue weighted by Crippen LogP contribution is 2.43. The van der Waals surface area contributed by atoms with E-state index in [2.05, 4.69) is 67.1 Å². The average Bonchev–Trinajstić information content (AvgIpc) is 1.11. The van der Waals surface area contributed by atoms with E-state index in [1.165, 1.54) is 143 Å². The lowest BCUT2D eigenvalue weighted by Crippen LogP contribution is -2.50. The van der Waals surface area contributed by atoms with Gasteiger partial charge in [0.1, 0.15) is 52.4 Å². The zero-order chi connectivity index (χ0) is 81.3. The highest BCUT2D eigenvalue weighted by molar-refractivity contribution is 9.08. The summed E-state index contributed by atoms with van der Waals surface area (Å²) in [5, 5.41) is 27.9. The van der Waals surface area contributed by atoms with Crippen molar-refractivity contribution in [3.63, 3.8) is 0 Å². The SMILES string of the molecule is COC(=O)C1(Cc2nc(Nc3nc(C)cs3)ccc2F)CCNC(C)C1.[2H]C([2H])(Br)c1cccc(Cl)c1F.[2H]C([2H])(c1cccc(Cl)c1F)N1CCC(Cc2nc(Nc3nc(C)cs3)ccc2F)(C(=O)O)CC1C.[2H]C([2H])(c1cccc(Cl)c1F)N1CCC(Cc2nc(Nc3nc(C)cs3)ccc2F)(C(=O)OC)CC1C. The number of rotatable bonds is 20. The first-order valence-electron chi connectivity index (χ1n) is 36.0. The van der Waals surface area contributed by atoms with Gasteiger partial charge in [0.05, 0.1) is 79.7 Å². The number of carbonyl (C=O) groups excluding carboxylic acids is 2. The van der Waals surface area contributed by atoms with Gasteiger partial charge in [0.25, 0.3) is 0 Å². The number of aryl methyl sites for hydroxylation is 3. The molecular formula is C74H80BrCl3F6N12O6S3. The molecule has 0 amide bonds. The quantitative estimate of drug-likeness (QED) is 0.0272. The van der Waals surface area contributed by atoms with Crippen LogP contribution >= 0.6 is 84.7 Å². The summed E-state index contributed by atoms with van der Waals surface area (Å²) in [5.41, 5.74) is -0.815. The van der Waals surface area contributed by atoms with Crippen LogP contribution in [0.5, 0.6) is 0 Å². The number of methoxy groups -OCH3 is 2. The van der Waals surface area contributed by atoms with Crippen LogP contribution in [0.2, 0.25) is 15.1 Å². The largest absolute Gasteiger partial charge is 0.481 e. The van der Waals surface area contributed by atoms with Crippen molar-refractivity contribution in [1.82, 2.24) is 45.0 Å². The van der Waals surface area contributed by atoms with E-state index in [9.17, 15) is 45.8 Å². The van der Waals surface area contributed by atoms with E-state index in [0.717, 1.165) is 17.1 Å². The molecule has 0 saturated carbocycles. The van der Waals surface area contributed by atoms with Crippen molar-refractivity contribution >= 4 is 135 Å². The number of piperidine rings is 3. The lowest BCUT2D eigenvalue weighted by atomic mass is 9.72. The Balaban J connectivity index is 0.000000180. The Kier molecular flexibility index (Phi) is 25.7. The third-order valence-electron chi connectivity index (χ3n) is 17.9. The molecule has 18 nitrogen and oxygen atoms in total. The third-order valence-corrected chi connectivity index (χ3v) is 21.8. The summed E-state index contributed by atoms with van der Waals surface area (Å²) < 4.78 is 146. The predicted octanol–water partition coefficient (Wildman–Crippen LogP) is 18.3. The van der Waals surface area contributed by atoms with Crippen LogP contribution < -0.4 is 21.3 Å². The van der Waals surface area contributed by atoms with Crippen LogP contribution in [-0.2, 0) is 61.4 Å². The van der Waals surface area contributed by atoms with Gasteiger partial charge >= 0.3 is 17.9 Å². The smallest absolute Gasteiger partial charge is 0.312 e. The van der Waals surface area contributed by atoms with Crippen molar-refractivity contribution in [1.29, 1.82) is 0 Å². The molecule has 105 heavy (non-hydrogen) atoms. The Bertz CT molecular complexity index is 4820. The van der Waals surface area contributed by atoms with E-state index in [4.69, 9.17) is 52.5 Å². The number of pyridine rings is 3. The molecule has 12 rings (SSSR count). The van der Waals surface area contributed by atoms with Crippen molar-refractivity contribution in [2.24, 2.45) is 16.2 Å². The number of nitrogens with zero attached hydrogens (tertiary/aromatic N) is 8. The summed E-state index contributed by atoms with van der Waals surface area (Å²) in [6, 6.07) is 20.1. The number of thiazole rings is 3. The Morgan fingerprint density at radius 3 is 1.24 bits per heavy atom. The van der Waals surface area contributed by atoms with Gasteiger partial charge in [-0.15, -0.1) is 34.0 Å². The van der Waals surface area contributed by atoms with Crippen molar-refractivity contribution in [3.8, 4) is 0 Å². The molecule has 3 fully saturated rings. The number of carboxylic acid groups (broad SMARTS) is 1. The van der Waals surface area contributed by atoms with Crippen LogP contribution in [0, 0.1) is 71.9 Å². The van der Waals surface area contributed by atoms with Crippen molar-refractivity contribution < 1.29 is 63.5 Å². The predicted molar refractivity (Wildman–Crippen MR) is 405 cm³/mol. The fourth-order valence-electron chi connectivity index (χ4n) is 12.6. The molecule has 0 radical (unpaired) electrons. The van der Waals surface area contributed by atoms with E-state index in [0.29, 0.717) is 52.2 Å². The number of hydrogen-bond donors (Lipinski definition) is 5. The summed E-state index contributed by atoms with van der Waals surface area (Å²) in [7, 11) is 2.65. The molecule has 3 aliphatic heterocycles. The van der Waals surface area contributed by atoms with Gasteiger partial charge in [0.2, 0.25) is 0 Å². The van der Waals surface area contributed by atoms with E-state index < -0.39 is 93.4 Å². The Hall–Kier alpha value is -7.38. The monoisotopic (exact) mass is 1630 g/mol. The number of benzene rings is 3. The molecule has 3 aliphatic rings. The number of ether oxygens (including phenoxy) is 2. The van der Waals surface area contributed by atoms with Crippen LogP contribution in [0.25, 0.3) is 0 Å². The maximum atomic E-state index is 14.9. The number of aromatic nitrogens is 6. The first-order valence-corrected chi connectivity index (χ1v) is 37.5. The molecule has 3 aromatic carbocycles. The second kappa shape index (κ2) is 37.0. The van der Waals surface area contributed by atoms with E-state index in [1.54, 1.807) is 19.9 Å². The molecule has 0 aliphatic carbocycles. The first kappa shape index (κ1) is 73.1. The number of carboxylic acids is 1. The minimum Gasteiger partial charge on any atom is -0.481 e. The second-order valence-electron chi connectivity index (χ2n) is 25.7. The molecule has 9 heterocycles. The zero-order valence-corrected chi connectivity index (χ0v) is 64.5. The van der Waals surface area contributed by atoms with Crippen LogP contribution in [0.3, 0.4) is 0 Å². The molecule has 5 N–H and O–H groups in total. The van der Waals surface area contributed by atoms with Gasteiger partial charge in [-0.3, -0.25) is 24.2 Å². The Labute approximate surface area is 649 Å². The summed E-state index contributed by atoms with van der Waals surface area (Å²) >= 11 is 24.2. The summed E-state index contributed by atoms with van der Waals surface area (Å²) in [6.07, 6.45) is 1.55.